The molecule has 0 spiro atoms. The summed E-state index contributed by atoms with van der Waals surface area (Å²) in [5.41, 5.74) is 0.00991. The fraction of sp³-hybridized carbons (Fsp3) is 0.800. The molecule has 3 saturated carbocycles. The summed E-state index contributed by atoms with van der Waals surface area (Å²) in [5.74, 6) is 3.45. The lowest BCUT2D eigenvalue weighted by Gasteiger charge is -2.45. The molecule has 7 atom stereocenters. The largest absolute Gasteiger partial charge is 0.481 e. The fourth-order valence-corrected chi connectivity index (χ4v) is 6.12. The Morgan fingerprint density at radius 1 is 1.18 bits per heavy atom. The van der Waals surface area contributed by atoms with Gasteiger partial charge in [-0.25, -0.2) is 0 Å². The number of carbonyl (C=O) groups is 1. The van der Waals surface area contributed by atoms with E-state index in [0.717, 1.165) is 11.8 Å². The summed E-state index contributed by atoms with van der Waals surface area (Å²) in [6, 6.07) is 0. The zero-order chi connectivity index (χ0) is 11.9. The van der Waals surface area contributed by atoms with Gasteiger partial charge in [-0.05, 0) is 53.8 Å². The minimum absolute atomic E-state index is 0.00991. The molecule has 17 heavy (non-hydrogen) atoms. The molecule has 0 aliphatic heterocycles. The summed E-state index contributed by atoms with van der Waals surface area (Å²) in [6.45, 7) is 4.39. The topological polar surface area (TPSA) is 37.3 Å². The first kappa shape index (κ1) is 10.2. The van der Waals surface area contributed by atoms with Crippen molar-refractivity contribution in [1.29, 1.82) is 0 Å². The van der Waals surface area contributed by atoms with E-state index in [2.05, 4.69) is 26.0 Å². The van der Waals surface area contributed by atoms with E-state index in [1.807, 2.05) is 0 Å². The van der Waals surface area contributed by atoms with Gasteiger partial charge in [-0.3, -0.25) is 4.79 Å². The van der Waals surface area contributed by atoms with Crippen molar-refractivity contribution in [3.63, 3.8) is 0 Å². The minimum Gasteiger partial charge on any atom is -0.481 e. The molecule has 2 heteroatoms. The molecule has 1 N–H and O–H groups in total. The maximum Gasteiger partial charge on any atom is 0.307 e. The van der Waals surface area contributed by atoms with Crippen LogP contribution in [0.3, 0.4) is 0 Å². The van der Waals surface area contributed by atoms with Crippen molar-refractivity contribution in [1.82, 2.24) is 0 Å². The second-order valence-electron chi connectivity index (χ2n) is 7.25. The summed E-state index contributed by atoms with van der Waals surface area (Å²) >= 11 is 0. The first-order valence-electron chi connectivity index (χ1n) is 6.93. The smallest absolute Gasteiger partial charge is 0.307 e. The van der Waals surface area contributed by atoms with Crippen LogP contribution in [0.2, 0.25) is 0 Å². The monoisotopic (exact) mass is 232 g/mol. The van der Waals surface area contributed by atoms with Gasteiger partial charge in [-0.1, -0.05) is 26.0 Å². The summed E-state index contributed by atoms with van der Waals surface area (Å²) in [4.78, 5) is 11.6. The number of fused-ring (bicyclic) bond motifs is 9. The highest BCUT2D eigenvalue weighted by atomic mass is 16.4. The van der Waals surface area contributed by atoms with Gasteiger partial charge in [0.1, 0.15) is 0 Å². The predicted molar refractivity (Wildman–Crippen MR) is 64.2 cm³/mol. The third-order valence-corrected chi connectivity index (χ3v) is 6.52. The average Bonchev–Trinajstić information content (AvgIpc) is 2.88. The van der Waals surface area contributed by atoms with Crippen LogP contribution >= 0.6 is 0 Å². The molecule has 2 nitrogen and oxygen atoms in total. The van der Waals surface area contributed by atoms with E-state index in [9.17, 15) is 9.90 Å². The highest BCUT2D eigenvalue weighted by Crippen LogP contribution is 2.72. The SMILES string of the molecule is CC1(C)C2CC(C3C4C=CC(C4)C32)C1C(=O)O. The Bertz CT molecular complexity index is 423. The van der Waals surface area contributed by atoms with Crippen molar-refractivity contribution in [3.8, 4) is 0 Å². The van der Waals surface area contributed by atoms with Crippen LogP contribution in [0.5, 0.6) is 0 Å². The number of carboxylic acid groups (broad SMARTS) is 1. The van der Waals surface area contributed by atoms with E-state index in [4.69, 9.17) is 0 Å². The Morgan fingerprint density at radius 3 is 2.47 bits per heavy atom. The van der Waals surface area contributed by atoms with Gasteiger partial charge in [-0.2, -0.15) is 0 Å². The predicted octanol–water partition coefficient (Wildman–Crippen LogP) is 2.80. The first-order chi connectivity index (χ1) is 8.01. The van der Waals surface area contributed by atoms with Gasteiger partial charge in [0.25, 0.3) is 0 Å². The second-order valence-corrected chi connectivity index (χ2v) is 7.25. The van der Waals surface area contributed by atoms with Crippen LogP contribution in [0.25, 0.3) is 0 Å². The molecule has 4 aliphatic carbocycles. The molecule has 0 aromatic rings. The Hall–Kier alpha value is -0.790. The third kappa shape index (κ3) is 0.974. The van der Waals surface area contributed by atoms with Crippen LogP contribution in [-0.2, 0) is 4.79 Å². The van der Waals surface area contributed by atoms with Crippen LogP contribution in [0.1, 0.15) is 26.7 Å². The van der Waals surface area contributed by atoms with Crippen molar-refractivity contribution >= 4 is 5.97 Å². The van der Waals surface area contributed by atoms with E-state index < -0.39 is 5.97 Å². The van der Waals surface area contributed by atoms with Crippen molar-refractivity contribution in [3.05, 3.63) is 12.2 Å². The van der Waals surface area contributed by atoms with Gasteiger partial charge in [-0.15, -0.1) is 0 Å². The zero-order valence-corrected chi connectivity index (χ0v) is 10.5. The van der Waals surface area contributed by atoms with Crippen LogP contribution in [0.4, 0.5) is 0 Å². The van der Waals surface area contributed by atoms with Crippen LogP contribution in [0.15, 0.2) is 12.2 Å². The van der Waals surface area contributed by atoms with Gasteiger partial charge in [0.2, 0.25) is 0 Å². The molecule has 0 aromatic carbocycles. The standard InChI is InChI=1S/C15H20O2/c1-15(2)10-6-9(13(15)14(16)17)11-7-3-4-8(5-7)12(10)11/h3-4,7-13H,5-6H2,1-2H3,(H,16,17). The molecule has 0 saturated heterocycles. The Morgan fingerprint density at radius 2 is 1.82 bits per heavy atom. The number of carboxylic acids is 1. The van der Waals surface area contributed by atoms with E-state index >= 15 is 0 Å². The minimum atomic E-state index is -0.548. The Kier molecular flexibility index (Phi) is 1.66. The lowest BCUT2D eigenvalue weighted by atomic mass is 9.59. The molecule has 4 bridgehead atoms. The van der Waals surface area contributed by atoms with Gasteiger partial charge in [0.05, 0.1) is 5.92 Å². The van der Waals surface area contributed by atoms with Gasteiger partial charge < -0.3 is 5.11 Å². The van der Waals surface area contributed by atoms with Crippen LogP contribution in [0, 0.1) is 46.8 Å². The normalized spacial score (nSPS) is 56.5. The molecule has 0 radical (unpaired) electrons. The summed E-state index contributed by atoms with van der Waals surface area (Å²) in [5, 5.41) is 9.54. The molecule has 4 rings (SSSR count). The van der Waals surface area contributed by atoms with E-state index in [1.165, 1.54) is 12.8 Å². The highest BCUT2D eigenvalue weighted by molar-refractivity contribution is 5.72. The number of allylic oxidation sites excluding steroid dienone is 2. The molecule has 92 valence electrons. The van der Waals surface area contributed by atoms with Crippen molar-refractivity contribution in [2.45, 2.75) is 26.7 Å². The third-order valence-electron chi connectivity index (χ3n) is 6.52. The number of hydrogen-bond acceptors (Lipinski definition) is 1. The van der Waals surface area contributed by atoms with Gasteiger partial charge in [0, 0.05) is 0 Å². The summed E-state index contributed by atoms with van der Waals surface area (Å²) < 4.78 is 0. The maximum atomic E-state index is 11.6. The van der Waals surface area contributed by atoms with Crippen molar-refractivity contribution in [2.24, 2.45) is 46.8 Å². The first-order valence-corrected chi connectivity index (χ1v) is 6.93. The molecule has 4 aliphatic rings. The second kappa shape index (κ2) is 2.78. The highest BCUT2D eigenvalue weighted by Gasteiger charge is 2.68. The molecule has 0 amide bonds. The number of aliphatic carboxylic acids is 1. The van der Waals surface area contributed by atoms with E-state index in [0.29, 0.717) is 23.7 Å². The maximum absolute atomic E-state index is 11.6. The lowest BCUT2D eigenvalue weighted by molar-refractivity contribution is -0.151. The van der Waals surface area contributed by atoms with Crippen molar-refractivity contribution in [2.75, 3.05) is 0 Å². The molecular formula is C15H20O2. The number of hydrogen-bond donors (Lipinski definition) is 1. The van der Waals surface area contributed by atoms with E-state index in [1.54, 1.807) is 0 Å². The molecule has 0 heterocycles. The molecule has 0 aromatic heterocycles. The summed E-state index contributed by atoms with van der Waals surface area (Å²) in [6.07, 6.45) is 7.27. The van der Waals surface area contributed by atoms with E-state index in [-0.39, 0.29) is 11.3 Å². The van der Waals surface area contributed by atoms with Crippen LogP contribution in [-0.4, -0.2) is 11.1 Å². The van der Waals surface area contributed by atoms with Gasteiger partial charge >= 0.3 is 5.97 Å². The average molecular weight is 232 g/mol. The lowest BCUT2D eigenvalue weighted by Crippen LogP contribution is -2.45. The molecule has 7 unspecified atom stereocenters. The Labute approximate surface area is 102 Å². The molecular weight excluding hydrogens is 212 g/mol. The fourth-order valence-electron chi connectivity index (χ4n) is 6.12. The summed E-state index contributed by atoms with van der Waals surface area (Å²) in [7, 11) is 0. The molecule has 3 fully saturated rings. The Balaban J connectivity index is 1.79. The zero-order valence-electron chi connectivity index (χ0n) is 10.5. The van der Waals surface area contributed by atoms with Gasteiger partial charge in [0.15, 0.2) is 0 Å². The quantitative estimate of drug-likeness (QED) is 0.557. The van der Waals surface area contributed by atoms with Crippen LogP contribution < -0.4 is 0 Å². The number of rotatable bonds is 1. The van der Waals surface area contributed by atoms with Crippen molar-refractivity contribution < 1.29 is 9.90 Å².